The summed E-state index contributed by atoms with van der Waals surface area (Å²) in [5.41, 5.74) is 0. The third-order valence-corrected chi connectivity index (χ3v) is 0.958. The summed E-state index contributed by atoms with van der Waals surface area (Å²) >= 11 is 0. The Morgan fingerprint density at radius 1 is 1.67 bits per heavy atom. The lowest BCUT2D eigenvalue weighted by molar-refractivity contribution is 0.327. The van der Waals surface area contributed by atoms with Crippen molar-refractivity contribution in [3.8, 4) is 0 Å². The van der Waals surface area contributed by atoms with Crippen molar-refractivity contribution in [1.82, 2.24) is 0 Å². The molecule has 5 heteroatoms. The van der Waals surface area contributed by atoms with Gasteiger partial charge in [0.15, 0.2) is 0 Å². The lowest BCUT2D eigenvalue weighted by Crippen LogP contribution is -1.96. The van der Waals surface area contributed by atoms with Crippen LogP contribution in [0.15, 0.2) is 12.2 Å². The van der Waals surface area contributed by atoms with Crippen LogP contribution in [0, 0.1) is 0 Å². The number of rotatable bonds is 3. The molecule has 0 radical (unpaired) electrons. The molecule has 54 valence electrons. The highest BCUT2D eigenvalue weighted by molar-refractivity contribution is 7.81. The number of hydrogen-bond donors (Lipinski definition) is 0. The average Bonchev–Trinajstić information content (AvgIpc) is 1.63. The first-order chi connectivity index (χ1) is 4.06. The smallest absolute Gasteiger partial charge is 0.241 e. The fraction of sp³-hybridized carbons (Fsp3) is 0.500. The SMILES string of the molecule is CC=CCOS(=O)(=O)F. The third-order valence-electron chi connectivity index (χ3n) is 0.541. The van der Waals surface area contributed by atoms with E-state index in [2.05, 4.69) is 4.18 Å². The molecule has 0 aliphatic carbocycles. The van der Waals surface area contributed by atoms with E-state index in [-0.39, 0.29) is 6.61 Å². The van der Waals surface area contributed by atoms with Crippen molar-refractivity contribution in [3.63, 3.8) is 0 Å². The number of allylic oxidation sites excluding steroid dienone is 1. The topological polar surface area (TPSA) is 43.4 Å². The van der Waals surface area contributed by atoms with Gasteiger partial charge in [0, 0.05) is 0 Å². The molecule has 0 aromatic rings. The van der Waals surface area contributed by atoms with E-state index in [0.29, 0.717) is 0 Å². The first-order valence-electron chi connectivity index (χ1n) is 2.26. The second-order valence-corrected chi connectivity index (χ2v) is 2.27. The van der Waals surface area contributed by atoms with Crippen LogP contribution in [0.5, 0.6) is 0 Å². The van der Waals surface area contributed by atoms with Crippen molar-refractivity contribution in [2.75, 3.05) is 6.61 Å². The van der Waals surface area contributed by atoms with Crippen LogP contribution in [0.2, 0.25) is 0 Å². The maximum atomic E-state index is 11.4. The summed E-state index contributed by atoms with van der Waals surface area (Å²) in [6.07, 6.45) is 2.95. The molecule has 0 aliphatic heterocycles. The molecule has 0 fully saturated rings. The first kappa shape index (κ1) is 8.58. The summed E-state index contributed by atoms with van der Waals surface area (Å²) in [4.78, 5) is 0. The predicted molar refractivity (Wildman–Crippen MR) is 30.8 cm³/mol. The summed E-state index contributed by atoms with van der Waals surface area (Å²) in [5.74, 6) is 0. The highest BCUT2D eigenvalue weighted by atomic mass is 32.3. The van der Waals surface area contributed by atoms with E-state index in [1.165, 1.54) is 6.08 Å². The first-order valence-corrected chi connectivity index (χ1v) is 3.57. The second kappa shape index (κ2) is 3.58. The highest BCUT2D eigenvalue weighted by Gasteiger charge is 2.03. The van der Waals surface area contributed by atoms with Gasteiger partial charge in [0.25, 0.3) is 0 Å². The largest absolute Gasteiger partial charge is 0.437 e. The summed E-state index contributed by atoms with van der Waals surface area (Å²) in [6, 6.07) is 0. The quantitative estimate of drug-likeness (QED) is 0.446. The zero-order valence-electron chi connectivity index (χ0n) is 4.87. The summed E-state index contributed by atoms with van der Waals surface area (Å²) in [5, 5.41) is 0. The minimum absolute atomic E-state index is 0.241. The molecule has 0 aromatic carbocycles. The molecule has 0 amide bonds. The molecule has 0 atom stereocenters. The Kier molecular flexibility index (Phi) is 3.41. The Bertz CT molecular complexity index is 182. The summed E-state index contributed by atoms with van der Waals surface area (Å²) < 4.78 is 34.3. The van der Waals surface area contributed by atoms with Gasteiger partial charge in [-0.25, -0.2) is 4.18 Å². The van der Waals surface area contributed by atoms with Gasteiger partial charge in [-0.2, -0.15) is 8.42 Å². The molecule has 0 rings (SSSR count). The molecule has 0 N–H and O–H groups in total. The van der Waals surface area contributed by atoms with Crippen molar-refractivity contribution < 1.29 is 16.5 Å². The lowest BCUT2D eigenvalue weighted by Gasteiger charge is -1.88. The Hall–Kier alpha value is -0.420. The zero-order chi connectivity index (χ0) is 7.33. The highest BCUT2D eigenvalue weighted by Crippen LogP contribution is 1.92. The fourth-order valence-electron chi connectivity index (χ4n) is 0.217. The van der Waals surface area contributed by atoms with Crippen LogP contribution in [0.3, 0.4) is 0 Å². The monoisotopic (exact) mass is 154 g/mol. The van der Waals surface area contributed by atoms with Crippen molar-refractivity contribution in [2.45, 2.75) is 6.92 Å². The Balaban J connectivity index is 3.53. The van der Waals surface area contributed by atoms with Gasteiger partial charge in [-0.15, -0.1) is 0 Å². The van der Waals surface area contributed by atoms with Gasteiger partial charge in [0.1, 0.15) is 0 Å². The Morgan fingerprint density at radius 3 is 2.56 bits per heavy atom. The summed E-state index contributed by atoms with van der Waals surface area (Å²) in [7, 11) is -4.75. The Morgan fingerprint density at radius 2 is 2.22 bits per heavy atom. The molecule has 0 saturated carbocycles. The molecule has 0 aliphatic rings. The molecular formula is C4H7FO3S. The molecule has 0 saturated heterocycles. The van der Waals surface area contributed by atoms with Crippen molar-refractivity contribution in [1.29, 1.82) is 0 Å². The third kappa shape index (κ3) is 7.58. The molecule has 0 spiro atoms. The second-order valence-electron chi connectivity index (χ2n) is 1.25. The van der Waals surface area contributed by atoms with Crippen LogP contribution in [-0.2, 0) is 14.7 Å². The summed E-state index contributed by atoms with van der Waals surface area (Å²) in [6.45, 7) is 1.43. The van der Waals surface area contributed by atoms with E-state index in [9.17, 15) is 12.3 Å². The van der Waals surface area contributed by atoms with Gasteiger partial charge in [0.05, 0.1) is 6.61 Å². The molecule has 9 heavy (non-hydrogen) atoms. The van der Waals surface area contributed by atoms with Gasteiger partial charge in [0.2, 0.25) is 0 Å². The van der Waals surface area contributed by atoms with Gasteiger partial charge in [-0.05, 0) is 6.92 Å². The van der Waals surface area contributed by atoms with E-state index >= 15 is 0 Å². The van der Waals surface area contributed by atoms with Crippen LogP contribution in [0.25, 0.3) is 0 Å². The number of hydrogen-bond acceptors (Lipinski definition) is 3. The van der Waals surface area contributed by atoms with E-state index < -0.39 is 10.5 Å². The van der Waals surface area contributed by atoms with Gasteiger partial charge >= 0.3 is 10.5 Å². The van der Waals surface area contributed by atoms with E-state index in [1.807, 2.05) is 0 Å². The zero-order valence-corrected chi connectivity index (χ0v) is 5.69. The van der Waals surface area contributed by atoms with Crippen LogP contribution in [0.4, 0.5) is 3.89 Å². The van der Waals surface area contributed by atoms with Crippen LogP contribution < -0.4 is 0 Å². The molecular weight excluding hydrogens is 147 g/mol. The van der Waals surface area contributed by atoms with E-state index in [1.54, 1.807) is 13.0 Å². The van der Waals surface area contributed by atoms with Crippen molar-refractivity contribution in [3.05, 3.63) is 12.2 Å². The fourth-order valence-corrected chi connectivity index (χ4v) is 0.458. The van der Waals surface area contributed by atoms with Crippen molar-refractivity contribution >= 4 is 10.5 Å². The molecule has 0 bridgehead atoms. The van der Waals surface area contributed by atoms with Crippen molar-refractivity contribution in [2.24, 2.45) is 0 Å². The molecule has 0 unspecified atom stereocenters. The van der Waals surface area contributed by atoms with E-state index in [4.69, 9.17) is 0 Å². The van der Waals surface area contributed by atoms with Gasteiger partial charge in [-0.1, -0.05) is 16.0 Å². The molecule has 3 nitrogen and oxygen atoms in total. The lowest BCUT2D eigenvalue weighted by atomic mass is 10.6. The maximum absolute atomic E-state index is 11.4. The number of halogens is 1. The minimum Gasteiger partial charge on any atom is -0.241 e. The van der Waals surface area contributed by atoms with E-state index in [0.717, 1.165) is 0 Å². The maximum Gasteiger partial charge on any atom is 0.437 e. The predicted octanol–water partition coefficient (Wildman–Crippen LogP) is 0.793. The Labute approximate surface area is 53.6 Å². The average molecular weight is 154 g/mol. The standard InChI is InChI=1S/C4H7FO3S/c1-2-3-4-8-9(5,6)7/h2-3H,4H2,1H3. The molecule has 0 heterocycles. The van der Waals surface area contributed by atoms with Crippen LogP contribution >= 0.6 is 0 Å². The van der Waals surface area contributed by atoms with Crippen LogP contribution in [0.1, 0.15) is 6.92 Å². The van der Waals surface area contributed by atoms with Crippen LogP contribution in [-0.4, -0.2) is 15.0 Å². The normalized spacial score (nSPS) is 12.7. The van der Waals surface area contributed by atoms with Gasteiger partial charge in [-0.3, -0.25) is 0 Å². The minimum atomic E-state index is -4.75. The van der Waals surface area contributed by atoms with Gasteiger partial charge < -0.3 is 0 Å². The molecule has 0 aromatic heterocycles.